The van der Waals surface area contributed by atoms with E-state index in [1.807, 2.05) is 38.1 Å². The third-order valence-electron chi connectivity index (χ3n) is 4.21. The number of furan rings is 1. The average molecular weight is 315 g/mol. The number of hydrogen-bond acceptors (Lipinski definition) is 3. The van der Waals surface area contributed by atoms with Crippen LogP contribution in [0.3, 0.4) is 0 Å². The maximum Gasteiger partial charge on any atom is 0.318 e. The zero-order valence-corrected chi connectivity index (χ0v) is 13.4. The van der Waals surface area contributed by atoms with Crippen LogP contribution in [-0.2, 0) is 4.79 Å². The second-order valence-electron chi connectivity index (χ2n) is 5.85. The minimum atomic E-state index is -0.234. The summed E-state index contributed by atoms with van der Waals surface area (Å²) < 4.78 is 5.89. The number of para-hydroxylation sites is 1. The van der Waals surface area contributed by atoms with Gasteiger partial charge in [-0.25, -0.2) is 4.79 Å². The smallest absolute Gasteiger partial charge is 0.318 e. The number of fused-ring (bicyclic) bond motifs is 1. The SMILES string of the molecule is Cc1c([C@@H](C)NC(=O)N2CCNC(=O)CC2)oc2ccccc12. The van der Waals surface area contributed by atoms with Gasteiger partial charge in [0.1, 0.15) is 11.3 Å². The molecule has 0 saturated carbocycles. The van der Waals surface area contributed by atoms with Gasteiger partial charge in [-0.1, -0.05) is 18.2 Å². The first-order valence-electron chi connectivity index (χ1n) is 7.86. The van der Waals surface area contributed by atoms with Crippen LogP contribution in [0.5, 0.6) is 0 Å². The van der Waals surface area contributed by atoms with Gasteiger partial charge in [-0.2, -0.15) is 0 Å². The van der Waals surface area contributed by atoms with Crippen LogP contribution >= 0.6 is 0 Å². The highest BCUT2D eigenvalue weighted by Crippen LogP contribution is 2.29. The molecule has 6 nitrogen and oxygen atoms in total. The van der Waals surface area contributed by atoms with Crippen molar-refractivity contribution in [1.82, 2.24) is 15.5 Å². The Kier molecular flexibility index (Phi) is 4.23. The van der Waals surface area contributed by atoms with Gasteiger partial charge in [-0.05, 0) is 19.9 Å². The molecule has 2 heterocycles. The fourth-order valence-corrected chi connectivity index (χ4v) is 2.92. The fraction of sp³-hybridized carbons (Fsp3) is 0.412. The summed E-state index contributed by atoms with van der Waals surface area (Å²) >= 11 is 0. The molecule has 1 aromatic carbocycles. The number of amides is 3. The van der Waals surface area contributed by atoms with Crippen molar-refractivity contribution in [2.24, 2.45) is 0 Å². The number of benzene rings is 1. The summed E-state index contributed by atoms with van der Waals surface area (Å²) in [5.41, 5.74) is 1.87. The molecule has 0 aliphatic carbocycles. The third-order valence-corrected chi connectivity index (χ3v) is 4.21. The van der Waals surface area contributed by atoms with Gasteiger partial charge in [0.25, 0.3) is 0 Å². The van der Waals surface area contributed by atoms with Gasteiger partial charge >= 0.3 is 6.03 Å². The van der Waals surface area contributed by atoms with Crippen LogP contribution in [0, 0.1) is 6.92 Å². The maximum absolute atomic E-state index is 12.4. The van der Waals surface area contributed by atoms with Gasteiger partial charge in [-0.3, -0.25) is 4.79 Å². The molecule has 1 aliphatic heterocycles. The molecule has 2 aromatic rings. The number of carbonyl (C=O) groups is 2. The number of carbonyl (C=O) groups excluding carboxylic acids is 2. The number of nitrogens with zero attached hydrogens (tertiary/aromatic N) is 1. The molecule has 3 rings (SSSR count). The number of nitrogens with one attached hydrogen (secondary N) is 2. The second-order valence-corrected chi connectivity index (χ2v) is 5.85. The van der Waals surface area contributed by atoms with E-state index >= 15 is 0 Å². The van der Waals surface area contributed by atoms with Crippen LogP contribution in [0.4, 0.5) is 4.79 Å². The van der Waals surface area contributed by atoms with Crippen LogP contribution in [0.15, 0.2) is 28.7 Å². The largest absolute Gasteiger partial charge is 0.459 e. The van der Waals surface area contributed by atoms with E-state index < -0.39 is 0 Å². The van der Waals surface area contributed by atoms with E-state index in [2.05, 4.69) is 10.6 Å². The van der Waals surface area contributed by atoms with Gasteiger partial charge in [0.05, 0.1) is 6.04 Å². The minimum Gasteiger partial charge on any atom is -0.459 e. The first-order chi connectivity index (χ1) is 11.1. The molecule has 0 unspecified atom stereocenters. The lowest BCUT2D eigenvalue weighted by atomic mass is 10.1. The van der Waals surface area contributed by atoms with Crippen molar-refractivity contribution in [3.05, 3.63) is 35.6 Å². The Morgan fingerprint density at radius 1 is 1.35 bits per heavy atom. The van der Waals surface area contributed by atoms with Gasteiger partial charge < -0.3 is 20.0 Å². The monoisotopic (exact) mass is 315 g/mol. The number of urea groups is 1. The predicted octanol–water partition coefficient (Wildman–Crippen LogP) is 2.33. The minimum absolute atomic E-state index is 0.0125. The molecule has 1 fully saturated rings. The highest BCUT2D eigenvalue weighted by Gasteiger charge is 2.23. The highest BCUT2D eigenvalue weighted by atomic mass is 16.3. The molecule has 23 heavy (non-hydrogen) atoms. The molecule has 1 atom stereocenters. The van der Waals surface area contributed by atoms with Crippen molar-refractivity contribution < 1.29 is 14.0 Å². The van der Waals surface area contributed by atoms with Crippen LogP contribution in [0.2, 0.25) is 0 Å². The van der Waals surface area contributed by atoms with Gasteiger partial charge in [0.2, 0.25) is 5.91 Å². The summed E-state index contributed by atoms with van der Waals surface area (Å²) in [5.74, 6) is 0.755. The molecule has 0 radical (unpaired) electrons. The van der Waals surface area contributed by atoms with E-state index in [0.717, 1.165) is 22.3 Å². The third kappa shape index (κ3) is 3.16. The van der Waals surface area contributed by atoms with Gasteiger partial charge in [0, 0.05) is 37.0 Å². The molecule has 1 aromatic heterocycles. The van der Waals surface area contributed by atoms with Crippen LogP contribution < -0.4 is 10.6 Å². The number of hydrogen-bond donors (Lipinski definition) is 2. The van der Waals surface area contributed by atoms with E-state index in [1.165, 1.54) is 0 Å². The second kappa shape index (κ2) is 6.32. The Balaban J connectivity index is 1.72. The molecule has 6 heteroatoms. The molecule has 1 aliphatic rings. The Bertz CT molecular complexity index is 738. The van der Waals surface area contributed by atoms with Crippen molar-refractivity contribution in [3.8, 4) is 0 Å². The van der Waals surface area contributed by atoms with E-state index in [1.54, 1.807) is 4.90 Å². The van der Waals surface area contributed by atoms with Crippen LogP contribution in [0.25, 0.3) is 11.0 Å². The van der Waals surface area contributed by atoms with Gasteiger partial charge in [0.15, 0.2) is 0 Å². The fourth-order valence-electron chi connectivity index (χ4n) is 2.92. The van der Waals surface area contributed by atoms with E-state index in [0.29, 0.717) is 26.1 Å². The molecule has 0 bridgehead atoms. The van der Waals surface area contributed by atoms with Crippen molar-refractivity contribution in [1.29, 1.82) is 0 Å². The quantitative estimate of drug-likeness (QED) is 0.893. The molecular formula is C17H21N3O3. The zero-order valence-electron chi connectivity index (χ0n) is 13.4. The molecule has 122 valence electrons. The van der Waals surface area contributed by atoms with Crippen molar-refractivity contribution >= 4 is 22.9 Å². The average Bonchev–Trinajstić information content (AvgIpc) is 2.72. The van der Waals surface area contributed by atoms with Gasteiger partial charge in [-0.15, -0.1) is 0 Å². The lowest BCUT2D eigenvalue weighted by Crippen LogP contribution is -2.42. The number of rotatable bonds is 2. The van der Waals surface area contributed by atoms with Crippen LogP contribution in [-0.4, -0.2) is 36.5 Å². The first-order valence-corrected chi connectivity index (χ1v) is 7.86. The summed E-state index contributed by atoms with van der Waals surface area (Å²) in [6.07, 6.45) is 0.339. The van der Waals surface area contributed by atoms with Crippen molar-refractivity contribution in [2.45, 2.75) is 26.3 Å². The Hall–Kier alpha value is -2.50. The molecule has 0 spiro atoms. The van der Waals surface area contributed by atoms with E-state index in [9.17, 15) is 9.59 Å². The van der Waals surface area contributed by atoms with Crippen molar-refractivity contribution in [2.75, 3.05) is 19.6 Å². The molecule has 3 amide bonds. The lowest BCUT2D eigenvalue weighted by molar-refractivity contribution is -0.120. The summed E-state index contributed by atoms with van der Waals surface area (Å²) in [4.78, 5) is 25.4. The highest BCUT2D eigenvalue weighted by molar-refractivity contribution is 5.83. The first kappa shape index (κ1) is 15.4. The summed E-state index contributed by atoms with van der Waals surface area (Å²) in [6, 6.07) is 7.43. The summed E-state index contributed by atoms with van der Waals surface area (Å²) in [7, 11) is 0. The zero-order chi connectivity index (χ0) is 16.4. The maximum atomic E-state index is 12.4. The Morgan fingerprint density at radius 3 is 2.91 bits per heavy atom. The molecule has 2 N–H and O–H groups in total. The number of aryl methyl sites for hydroxylation is 1. The molecule has 1 saturated heterocycles. The van der Waals surface area contributed by atoms with Crippen LogP contribution in [0.1, 0.15) is 30.7 Å². The van der Waals surface area contributed by atoms with E-state index in [-0.39, 0.29) is 18.0 Å². The lowest BCUT2D eigenvalue weighted by Gasteiger charge is -2.22. The topological polar surface area (TPSA) is 74.6 Å². The predicted molar refractivity (Wildman–Crippen MR) is 87.1 cm³/mol. The molecular weight excluding hydrogens is 294 g/mol. The Morgan fingerprint density at radius 2 is 2.13 bits per heavy atom. The Labute approximate surface area is 134 Å². The summed E-state index contributed by atoms with van der Waals surface area (Å²) in [5, 5.41) is 6.79. The van der Waals surface area contributed by atoms with E-state index in [4.69, 9.17) is 4.42 Å². The normalized spacial score (nSPS) is 16.8. The summed E-state index contributed by atoms with van der Waals surface area (Å²) in [6.45, 7) is 5.35. The van der Waals surface area contributed by atoms with Crippen molar-refractivity contribution in [3.63, 3.8) is 0 Å². The standard InChI is InChI=1S/C17H21N3O3/c1-11-13-5-3-4-6-14(13)23-16(11)12(2)19-17(22)20-9-7-15(21)18-8-10-20/h3-6,12H,7-10H2,1-2H3,(H,18,21)(H,19,22)/t12-/m1/s1.